The lowest BCUT2D eigenvalue weighted by atomic mass is 9.71. The van der Waals surface area contributed by atoms with E-state index >= 15 is 0 Å². The van der Waals surface area contributed by atoms with Crippen LogP contribution in [0.4, 0.5) is 0 Å². The van der Waals surface area contributed by atoms with Gasteiger partial charge in [0.2, 0.25) is 5.78 Å². The Morgan fingerprint density at radius 1 is 1.32 bits per heavy atom. The molecule has 1 saturated carbocycles. The van der Waals surface area contributed by atoms with Crippen molar-refractivity contribution in [2.45, 2.75) is 59.0 Å². The molecule has 3 aliphatic rings. The van der Waals surface area contributed by atoms with Crippen LogP contribution in [0.1, 0.15) is 53.4 Å². The van der Waals surface area contributed by atoms with E-state index in [9.17, 15) is 14.4 Å². The molecule has 0 saturated heterocycles. The number of esters is 1. The first kappa shape index (κ1) is 20.7. The lowest BCUT2D eigenvalue weighted by Gasteiger charge is -2.33. The summed E-state index contributed by atoms with van der Waals surface area (Å²) in [7, 11) is 0. The van der Waals surface area contributed by atoms with Gasteiger partial charge in [0.25, 0.3) is 0 Å². The Morgan fingerprint density at radius 3 is 2.64 bits per heavy atom. The second-order valence-corrected chi connectivity index (χ2v) is 8.44. The van der Waals surface area contributed by atoms with Gasteiger partial charge in [-0.3, -0.25) is 19.3 Å². The van der Waals surface area contributed by atoms with Gasteiger partial charge in [0.1, 0.15) is 0 Å². The normalized spacial score (nSPS) is 30.2. The van der Waals surface area contributed by atoms with Crippen LogP contribution < -0.4 is 0 Å². The summed E-state index contributed by atoms with van der Waals surface area (Å²) in [5.41, 5.74) is 1.46. The van der Waals surface area contributed by atoms with Crippen molar-refractivity contribution in [3.8, 4) is 0 Å². The first-order valence-corrected chi connectivity index (χ1v) is 10.3. The molecule has 3 aliphatic carbocycles. The maximum absolute atomic E-state index is 13.5. The van der Waals surface area contributed by atoms with Crippen LogP contribution in [0, 0.1) is 11.8 Å². The zero-order valence-corrected chi connectivity index (χ0v) is 17.5. The monoisotopic (exact) mass is 385 g/mol. The van der Waals surface area contributed by atoms with E-state index in [4.69, 9.17) is 4.74 Å². The molecule has 3 atom stereocenters. The summed E-state index contributed by atoms with van der Waals surface area (Å²) in [6, 6.07) is 0. The summed E-state index contributed by atoms with van der Waals surface area (Å²) in [5.74, 6) is -0.744. The molecule has 0 N–H and O–H groups in total. The van der Waals surface area contributed by atoms with Crippen molar-refractivity contribution in [1.82, 2.24) is 4.90 Å². The summed E-state index contributed by atoms with van der Waals surface area (Å²) < 4.78 is 5.70. The van der Waals surface area contributed by atoms with Gasteiger partial charge in [-0.15, -0.1) is 0 Å². The average molecular weight is 386 g/mol. The maximum Gasteiger partial charge on any atom is 0.321 e. The zero-order chi connectivity index (χ0) is 20.6. The standard InChI is InChI=1S/C23H31NO4/c1-6-24(7-2)13-18(25)28-23(5)12-17-20(22(23)27)19-14(3)9-8-10-16(19)11-15(4)21(17)26/h11,16,19H,3,6-10,12-13H2,1-2,4-5H3/t16?,19?,23-/m0/s1. The quantitative estimate of drug-likeness (QED) is 0.536. The molecular weight excluding hydrogens is 354 g/mol. The third-order valence-electron chi connectivity index (χ3n) is 6.46. The fraction of sp³-hybridized carbons (Fsp3) is 0.609. The molecule has 2 unspecified atom stereocenters. The first-order chi connectivity index (χ1) is 13.2. The molecule has 1 fully saturated rings. The number of fused-ring (bicyclic) bond motifs is 2. The molecule has 0 heterocycles. The predicted molar refractivity (Wildman–Crippen MR) is 108 cm³/mol. The molecule has 0 bridgehead atoms. The van der Waals surface area contributed by atoms with Crippen molar-refractivity contribution in [2.75, 3.05) is 19.6 Å². The molecule has 0 radical (unpaired) electrons. The van der Waals surface area contributed by atoms with Crippen LogP contribution >= 0.6 is 0 Å². The van der Waals surface area contributed by atoms with E-state index in [1.807, 2.05) is 31.7 Å². The SMILES string of the molecule is C=C1CCCC2C=C(C)C(=O)C3=C(C(=O)[C@@](C)(OC(=O)CN(CC)CC)C3)C12. The van der Waals surface area contributed by atoms with Crippen LogP contribution in [-0.2, 0) is 19.1 Å². The van der Waals surface area contributed by atoms with Crippen molar-refractivity contribution in [1.29, 1.82) is 0 Å². The second-order valence-electron chi connectivity index (χ2n) is 8.44. The first-order valence-electron chi connectivity index (χ1n) is 10.3. The van der Waals surface area contributed by atoms with Crippen molar-refractivity contribution in [2.24, 2.45) is 11.8 Å². The number of carbonyl (C=O) groups is 3. The highest BCUT2D eigenvalue weighted by Gasteiger charge is 2.52. The highest BCUT2D eigenvalue weighted by Crippen LogP contribution is 2.49. The smallest absolute Gasteiger partial charge is 0.321 e. The van der Waals surface area contributed by atoms with E-state index in [-0.39, 0.29) is 36.4 Å². The molecule has 0 spiro atoms. The van der Waals surface area contributed by atoms with E-state index in [2.05, 4.69) is 6.58 Å². The van der Waals surface area contributed by atoms with E-state index < -0.39 is 11.6 Å². The molecule has 0 aromatic carbocycles. The summed E-state index contributed by atoms with van der Waals surface area (Å²) in [6.45, 7) is 13.2. The molecule has 152 valence electrons. The number of rotatable bonds is 5. The number of Topliss-reactive ketones (excluding diaryl/α,β-unsaturated/α-hetero) is 2. The molecule has 28 heavy (non-hydrogen) atoms. The molecule has 3 rings (SSSR count). The molecule has 0 amide bonds. The van der Waals surface area contributed by atoms with E-state index in [1.165, 1.54) is 0 Å². The minimum atomic E-state index is -1.30. The minimum absolute atomic E-state index is 0.0888. The van der Waals surface area contributed by atoms with E-state index in [0.717, 1.165) is 37.9 Å². The lowest BCUT2D eigenvalue weighted by Crippen LogP contribution is -2.42. The van der Waals surface area contributed by atoms with Crippen LogP contribution in [0.2, 0.25) is 0 Å². The van der Waals surface area contributed by atoms with Crippen LogP contribution in [-0.4, -0.2) is 47.7 Å². The Hall–Kier alpha value is -2.01. The van der Waals surface area contributed by atoms with Gasteiger partial charge in [-0.25, -0.2) is 0 Å². The number of likely N-dealkylation sites (N-methyl/N-ethyl adjacent to an activating group) is 1. The Balaban J connectivity index is 1.91. The molecule has 5 nitrogen and oxygen atoms in total. The van der Waals surface area contributed by atoms with Gasteiger partial charge in [0.15, 0.2) is 11.4 Å². The largest absolute Gasteiger partial charge is 0.450 e. The topological polar surface area (TPSA) is 63.7 Å². The van der Waals surface area contributed by atoms with Crippen LogP contribution in [0.5, 0.6) is 0 Å². The minimum Gasteiger partial charge on any atom is -0.450 e. The Bertz CT molecular complexity index is 786. The van der Waals surface area contributed by atoms with Gasteiger partial charge in [-0.05, 0) is 57.7 Å². The summed E-state index contributed by atoms with van der Waals surface area (Å²) in [6.07, 6.45) is 5.00. The number of ketones is 2. The Kier molecular flexibility index (Phi) is 5.76. The van der Waals surface area contributed by atoms with Crippen LogP contribution in [0.3, 0.4) is 0 Å². The third-order valence-corrected chi connectivity index (χ3v) is 6.46. The number of carbonyl (C=O) groups excluding carboxylic acids is 3. The van der Waals surface area contributed by atoms with Crippen molar-refractivity contribution in [3.05, 3.63) is 34.9 Å². The molecule has 0 aromatic rings. The van der Waals surface area contributed by atoms with Gasteiger partial charge in [-0.2, -0.15) is 0 Å². The number of hydrogen-bond acceptors (Lipinski definition) is 5. The lowest BCUT2D eigenvalue weighted by molar-refractivity contribution is -0.164. The summed E-state index contributed by atoms with van der Waals surface area (Å²) >= 11 is 0. The second kappa shape index (κ2) is 7.78. The molecular formula is C23H31NO4. The highest BCUT2D eigenvalue weighted by molar-refractivity contribution is 6.19. The molecule has 5 heteroatoms. The van der Waals surface area contributed by atoms with E-state index in [0.29, 0.717) is 16.7 Å². The fourth-order valence-electron chi connectivity index (χ4n) is 4.88. The van der Waals surface area contributed by atoms with Crippen molar-refractivity contribution in [3.63, 3.8) is 0 Å². The zero-order valence-electron chi connectivity index (χ0n) is 17.5. The summed E-state index contributed by atoms with van der Waals surface area (Å²) in [4.78, 5) is 40.9. The van der Waals surface area contributed by atoms with Gasteiger partial charge in [-0.1, -0.05) is 32.1 Å². The van der Waals surface area contributed by atoms with Gasteiger partial charge < -0.3 is 4.74 Å². The van der Waals surface area contributed by atoms with Crippen LogP contribution in [0.15, 0.2) is 34.9 Å². The summed E-state index contributed by atoms with van der Waals surface area (Å²) in [5, 5.41) is 0. The Labute approximate surface area is 167 Å². The van der Waals surface area contributed by atoms with Crippen molar-refractivity contribution < 1.29 is 19.1 Å². The number of nitrogens with zero attached hydrogens (tertiary/aromatic N) is 1. The molecule has 0 aliphatic heterocycles. The van der Waals surface area contributed by atoms with E-state index in [1.54, 1.807) is 6.92 Å². The number of hydrogen-bond donors (Lipinski definition) is 0. The van der Waals surface area contributed by atoms with Gasteiger partial charge in [0, 0.05) is 23.5 Å². The predicted octanol–water partition coefficient (Wildman–Crippen LogP) is 3.40. The highest BCUT2D eigenvalue weighted by atomic mass is 16.6. The maximum atomic E-state index is 13.5. The third kappa shape index (κ3) is 3.52. The van der Waals surface area contributed by atoms with Crippen molar-refractivity contribution >= 4 is 17.5 Å². The number of allylic oxidation sites excluding steroid dienone is 3. The van der Waals surface area contributed by atoms with Gasteiger partial charge in [0.05, 0.1) is 6.54 Å². The van der Waals surface area contributed by atoms with Crippen LogP contribution in [0.25, 0.3) is 0 Å². The Morgan fingerprint density at radius 2 is 2.00 bits per heavy atom. The molecule has 0 aromatic heterocycles. The van der Waals surface area contributed by atoms with Gasteiger partial charge >= 0.3 is 5.97 Å². The fourth-order valence-corrected chi connectivity index (χ4v) is 4.88. The number of ether oxygens (including phenoxy) is 1. The average Bonchev–Trinajstić information content (AvgIpc) is 2.84.